The van der Waals surface area contributed by atoms with Gasteiger partial charge in [-0.05, 0) is 42.9 Å². The van der Waals surface area contributed by atoms with Gasteiger partial charge in [-0.1, -0.05) is 31.9 Å². The Kier molecular flexibility index (Phi) is 4.06. The molecule has 3 heteroatoms. The Hall–Kier alpha value is -0.890. The summed E-state index contributed by atoms with van der Waals surface area (Å²) < 4.78 is 5.37. The molecule has 1 fully saturated rings. The van der Waals surface area contributed by atoms with E-state index in [1.165, 1.54) is 25.7 Å². The molecule has 100 valence electrons. The van der Waals surface area contributed by atoms with Gasteiger partial charge in [0.1, 0.15) is 5.75 Å². The van der Waals surface area contributed by atoms with E-state index in [-0.39, 0.29) is 0 Å². The Labute approximate surface area is 115 Å². The van der Waals surface area contributed by atoms with Crippen molar-refractivity contribution in [2.75, 3.05) is 12.4 Å². The number of halogens is 1. The predicted octanol–water partition coefficient (Wildman–Crippen LogP) is 4.73. The van der Waals surface area contributed by atoms with Crippen molar-refractivity contribution in [2.45, 2.75) is 45.6 Å². The Morgan fingerprint density at radius 1 is 1.39 bits per heavy atom. The molecule has 0 amide bonds. The fourth-order valence-corrected chi connectivity index (χ4v) is 3.01. The number of rotatable bonds is 3. The van der Waals surface area contributed by atoms with E-state index in [1.807, 2.05) is 18.2 Å². The highest BCUT2D eigenvalue weighted by Crippen LogP contribution is 2.38. The molecule has 1 aliphatic carbocycles. The fraction of sp³-hybridized carbons (Fsp3) is 0.600. The number of methoxy groups -OCH3 is 1. The van der Waals surface area contributed by atoms with Crippen LogP contribution in [-0.4, -0.2) is 13.2 Å². The third-order valence-electron chi connectivity index (χ3n) is 3.73. The van der Waals surface area contributed by atoms with E-state index in [4.69, 9.17) is 16.3 Å². The van der Waals surface area contributed by atoms with E-state index in [0.717, 1.165) is 16.5 Å². The summed E-state index contributed by atoms with van der Waals surface area (Å²) in [6.45, 7) is 4.69. The molecule has 1 atom stereocenters. The van der Waals surface area contributed by atoms with Gasteiger partial charge in [0.15, 0.2) is 0 Å². The van der Waals surface area contributed by atoms with E-state index < -0.39 is 0 Å². The smallest absolute Gasteiger partial charge is 0.142 e. The van der Waals surface area contributed by atoms with Crippen molar-refractivity contribution in [3.05, 3.63) is 23.2 Å². The van der Waals surface area contributed by atoms with Crippen molar-refractivity contribution in [3.8, 4) is 5.75 Å². The van der Waals surface area contributed by atoms with Crippen LogP contribution in [0.15, 0.2) is 18.2 Å². The molecule has 1 saturated carbocycles. The lowest BCUT2D eigenvalue weighted by atomic mass is 9.75. The summed E-state index contributed by atoms with van der Waals surface area (Å²) in [5.74, 6) is 0.864. The first-order chi connectivity index (χ1) is 8.50. The summed E-state index contributed by atoms with van der Waals surface area (Å²) in [5, 5.41) is 4.33. The molecule has 0 aliphatic heterocycles. The van der Waals surface area contributed by atoms with Crippen molar-refractivity contribution < 1.29 is 4.74 Å². The number of ether oxygens (including phenoxy) is 1. The predicted molar refractivity (Wildman–Crippen MR) is 77.7 cm³/mol. The summed E-state index contributed by atoms with van der Waals surface area (Å²) in [6, 6.07) is 6.23. The summed E-state index contributed by atoms with van der Waals surface area (Å²) in [4.78, 5) is 0. The molecule has 1 N–H and O–H groups in total. The van der Waals surface area contributed by atoms with Gasteiger partial charge in [0.05, 0.1) is 12.8 Å². The van der Waals surface area contributed by atoms with Gasteiger partial charge in [-0.25, -0.2) is 0 Å². The monoisotopic (exact) mass is 267 g/mol. The minimum Gasteiger partial charge on any atom is -0.495 e. The highest BCUT2D eigenvalue weighted by Gasteiger charge is 2.28. The zero-order chi connectivity index (χ0) is 13.2. The minimum atomic E-state index is 0.432. The third kappa shape index (κ3) is 3.32. The second-order valence-electron chi connectivity index (χ2n) is 5.95. The van der Waals surface area contributed by atoms with Gasteiger partial charge in [-0.3, -0.25) is 0 Å². The summed E-state index contributed by atoms with van der Waals surface area (Å²) in [7, 11) is 1.69. The highest BCUT2D eigenvalue weighted by molar-refractivity contribution is 6.30. The standard InChI is InChI=1S/C15H22ClNO/c1-15(2)8-4-5-12(10-15)17-13-9-11(16)6-7-14(13)18-3/h6-7,9,12,17H,4-5,8,10H2,1-3H3. The molecule has 18 heavy (non-hydrogen) atoms. The Morgan fingerprint density at radius 3 is 2.83 bits per heavy atom. The summed E-state index contributed by atoms with van der Waals surface area (Å²) >= 11 is 6.05. The molecule has 0 bridgehead atoms. The number of hydrogen-bond donors (Lipinski definition) is 1. The first-order valence-corrected chi connectivity index (χ1v) is 6.98. The average Bonchev–Trinajstić information content (AvgIpc) is 2.28. The van der Waals surface area contributed by atoms with Crippen molar-refractivity contribution in [1.29, 1.82) is 0 Å². The lowest BCUT2D eigenvalue weighted by molar-refractivity contribution is 0.229. The quantitative estimate of drug-likeness (QED) is 0.855. The maximum Gasteiger partial charge on any atom is 0.142 e. The van der Waals surface area contributed by atoms with Crippen LogP contribution in [0.1, 0.15) is 39.5 Å². The summed E-state index contributed by atoms with van der Waals surface area (Å²) in [6.07, 6.45) is 5.02. The molecule has 0 radical (unpaired) electrons. The van der Waals surface area contributed by atoms with Crippen LogP contribution in [0.3, 0.4) is 0 Å². The van der Waals surface area contributed by atoms with E-state index in [1.54, 1.807) is 7.11 Å². The highest BCUT2D eigenvalue weighted by atomic mass is 35.5. The van der Waals surface area contributed by atoms with Crippen LogP contribution in [0.4, 0.5) is 5.69 Å². The van der Waals surface area contributed by atoms with E-state index in [9.17, 15) is 0 Å². The normalized spacial score (nSPS) is 22.6. The first-order valence-electron chi connectivity index (χ1n) is 6.60. The number of anilines is 1. The Bertz CT molecular complexity index is 417. The molecule has 1 aliphatic rings. The molecule has 0 heterocycles. The van der Waals surface area contributed by atoms with Crippen LogP contribution in [0.5, 0.6) is 5.75 Å². The Balaban J connectivity index is 2.11. The van der Waals surface area contributed by atoms with Crippen molar-refractivity contribution in [2.24, 2.45) is 5.41 Å². The lowest BCUT2D eigenvalue weighted by Gasteiger charge is -2.36. The first kappa shape index (κ1) is 13.5. The zero-order valence-electron chi connectivity index (χ0n) is 11.4. The fourth-order valence-electron chi connectivity index (χ4n) is 2.83. The van der Waals surface area contributed by atoms with Crippen LogP contribution in [0, 0.1) is 5.41 Å². The second-order valence-corrected chi connectivity index (χ2v) is 6.38. The van der Waals surface area contributed by atoms with E-state index >= 15 is 0 Å². The van der Waals surface area contributed by atoms with Gasteiger partial charge < -0.3 is 10.1 Å². The van der Waals surface area contributed by atoms with E-state index in [2.05, 4.69) is 19.2 Å². The average molecular weight is 268 g/mol. The molecule has 2 nitrogen and oxygen atoms in total. The van der Waals surface area contributed by atoms with Crippen LogP contribution >= 0.6 is 11.6 Å². The Morgan fingerprint density at radius 2 is 2.17 bits per heavy atom. The molecule has 2 rings (SSSR count). The number of hydrogen-bond acceptors (Lipinski definition) is 2. The number of benzene rings is 1. The topological polar surface area (TPSA) is 21.3 Å². The van der Waals surface area contributed by atoms with Crippen molar-refractivity contribution in [1.82, 2.24) is 0 Å². The van der Waals surface area contributed by atoms with Crippen LogP contribution in [0.25, 0.3) is 0 Å². The van der Waals surface area contributed by atoms with Gasteiger partial charge in [-0.2, -0.15) is 0 Å². The molecule has 0 aromatic heterocycles. The largest absolute Gasteiger partial charge is 0.495 e. The van der Waals surface area contributed by atoms with Crippen LogP contribution in [0.2, 0.25) is 5.02 Å². The molecule has 1 aromatic rings. The molecule has 0 spiro atoms. The number of nitrogens with one attached hydrogen (secondary N) is 1. The summed E-state index contributed by atoms with van der Waals surface area (Å²) in [5.41, 5.74) is 1.44. The van der Waals surface area contributed by atoms with Gasteiger partial charge in [0.2, 0.25) is 0 Å². The van der Waals surface area contributed by atoms with Crippen molar-refractivity contribution >= 4 is 17.3 Å². The molecular weight excluding hydrogens is 246 g/mol. The second kappa shape index (κ2) is 5.40. The van der Waals surface area contributed by atoms with E-state index in [0.29, 0.717) is 11.5 Å². The SMILES string of the molecule is COc1ccc(Cl)cc1NC1CCCC(C)(C)C1. The molecule has 1 aromatic carbocycles. The molecule has 0 saturated heterocycles. The van der Waals surface area contributed by atoms with Gasteiger partial charge >= 0.3 is 0 Å². The van der Waals surface area contributed by atoms with Gasteiger partial charge in [-0.15, -0.1) is 0 Å². The third-order valence-corrected chi connectivity index (χ3v) is 3.96. The van der Waals surface area contributed by atoms with Crippen molar-refractivity contribution in [3.63, 3.8) is 0 Å². The lowest BCUT2D eigenvalue weighted by Crippen LogP contribution is -2.31. The van der Waals surface area contributed by atoms with Crippen LogP contribution < -0.4 is 10.1 Å². The van der Waals surface area contributed by atoms with Gasteiger partial charge in [0, 0.05) is 11.1 Å². The zero-order valence-corrected chi connectivity index (χ0v) is 12.2. The molecule has 1 unspecified atom stereocenters. The maximum absolute atomic E-state index is 6.05. The van der Waals surface area contributed by atoms with Crippen LogP contribution in [-0.2, 0) is 0 Å². The van der Waals surface area contributed by atoms with Gasteiger partial charge in [0.25, 0.3) is 0 Å². The minimum absolute atomic E-state index is 0.432. The molecular formula is C15H22ClNO. The maximum atomic E-state index is 6.05.